The molecule has 5 aromatic rings. The van der Waals surface area contributed by atoms with Gasteiger partial charge in [-0.3, -0.25) is 14.2 Å². The second-order valence-corrected chi connectivity index (χ2v) is 21.1. The smallest absolute Gasteiger partial charge is 0.262 e. The van der Waals surface area contributed by atoms with E-state index >= 15 is 0 Å². The van der Waals surface area contributed by atoms with Gasteiger partial charge in [-0.05, 0) is 55.0 Å². The van der Waals surface area contributed by atoms with Crippen molar-refractivity contribution in [1.82, 2.24) is 9.88 Å². The highest BCUT2D eigenvalue weighted by Gasteiger charge is 2.26. The molecule has 1 heterocycles. The number of hydrogen-bond acceptors (Lipinski definition) is 4. The lowest BCUT2D eigenvalue weighted by Gasteiger charge is -2.23. The summed E-state index contributed by atoms with van der Waals surface area (Å²) in [6.07, 6.45) is 0.816. The van der Waals surface area contributed by atoms with Crippen molar-refractivity contribution >= 4 is 62.3 Å². The lowest BCUT2D eigenvalue weighted by molar-refractivity contribution is -0.120. The van der Waals surface area contributed by atoms with Gasteiger partial charge in [0.1, 0.15) is 13.8 Å². The molecule has 0 fully saturated rings. The molecule has 240 valence electrons. The number of hydrogen-bond donors (Lipinski definition) is 2. The zero-order valence-corrected chi connectivity index (χ0v) is 30.7. The highest BCUT2D eigenvalue weighted by molar-refractivity contribution is 6.90. The van der Waals surface area contributed by atoms with Crippen LogP contribution in [-0.4, -0.2) is 52.4 Å². The van der Waals surface area contributed by atoms with Gasteiger partial charge in [0.15, 0.2) is 0 Å². The van der Waals surface area contributed by atoms with Crippen LogP contribution in [0.3, 0.4) is 0 Å². The van der Waals surface area contributed by atoms with Crippen molar-refractivity contribution in [3.05, 3.63) is 125 Å². The third-order valence-corrected chi connectivity index (χ3v) is 13.0. The lowest BCUT2D eigenvalue weighted by Crippen LogP contribution is -2.52. The number of benzene rings is 4. The van der Waals surface area contributed by atoms with Crippen LogP contribution >= 0.6 is 11.6 Å². The van der Waals surface area contributed by atoms with Crippen molar-refractivity contribution in [2.75, 3.05) is 13.3 Å². The molecule has 3 N–H and O–H groups in total. The number of amides is 1. The van der Waals surface area contributed by atoms with E-state index in [4.69, 9.17) is 22.1 Å². The maximum absolute atomic E-state index is 13.5. The number of nitrogens with two attached hydrogens (primary N) is 1. The van der Waals surface area contributed by atoms with Gasteiger partial charge in [0.25, 0.3) is 5.91 Å². The summed E-state index contributed by atoms with van der Waals surface area (Å²) in [4.78, 5) is 26.6. The standard InChI is InChI=1S/C28H29ClN2O3Si.C9H15NSi/c1-19-24(17-27(32)30-18-35(3,4)23-8-6-5-7-9-23)25-16-22(34-2)14-15-26(25)31(19)28(33)20-10-12-21(29)13-11-20;1-9(2,10)11-8-6-4-3-5-7-8/h5-16H,17-18H2,1-4H3,(H,30,32);3-7H,10-11H2,1-2H3. The summed E-state index contributed by atoms with van der Waals surface area (Å²) in [5.74, 6) is 0.442. The van der Waals surface area contributed by atoms with Crippen LogP contribution in [-0.2, 0) is 11.2 Å². The van der Waals surface area contributed by atoms with Crippen molar-refractivity contribution < 1.29 is 14.3 Å². The van der Waals surface area contributed by atoms with E-state index in [-0.39, 0.29) is 32.9 Å². The summed E-state index contributed by atoms with van der Waals surface area (Å²) in [7, 11) is -0.517. The highest BCUT2D eigenvalue weighted by Crippen LogP contribution is 2.31. The molecule has 9 heteroatoms. The van der Waals surface area contributed by atoms with Gasteiger partial charge < -0.3 is 15.8 Å². The predicted octanol–water partition coefficient (Wildman–Crippen LogP) is 5.29. The molecule has 6 nitrogen and oxygen atoms in total. The summed E-state index contributed by atoms with van der Waals surface area (Å²) in [6, 6.07) is 33.3. The first kappa shape index (κ1) is 34.9. The maximum atomic E-state index is 13.5. The quantitative estimate of drug-likeness (QED) is 0.209. The Bertz CT molecular complexity index is 1780. The fraction of sp³-hybridized carbons (Fsp3) is 0.243. The summed E-state index contributed by atoms with van der Waals surface area (Å²) in [6.45, 7) is 10.6. The molecule has 0 aliphatic carbocycles. The molecule has 0 aliphatic heterocycles. The van der Waals surface area contributed by atoms with E-state index in [0.717, 1.165) is 22.2 Å². The number of ether oxygens (including phenoxy) is 1. The van der Waals surface area contributed by atoms with Gasteiger partial charge in [-0.25, -0.2) is 0 Å². The largest absolute Gasteiger partial charge is 0.497 e. The molecule has 0 spiro atoms. The summed E-state index contributed by atoms with van der Waals surface area (Å²) in [5.41, 5.74) is 8.75. The first-order valence-corrected chi connectivity index (χ1v) is 20.4. The van der Waals surface area contributed by atoms with E-state index < -0.39 is 8.07 Å². The highest BCUT2D eigenvalue weighted by atomic mass is 35.5. The molecule has 4 aromatic carbocycles. The van der Waals surface area contributed by atoms with Crippen LogP contribution in [0, 0.1) is 6.92 Å². The molecule has 46 heavy (non-hydrogen) atoms. The molecule has 0 aliphatic rings. The Morgan fingerprint density at radius 2 is 1.54 bits per heavy atom. The molecule has 0 saturated heterocycles. The average Bonchev–Trinajstić information content (AvgIpc) is 3.30. The number of carbonyl (C=O) groups excluding carboxylic acids is 2. The van der Waals surface area contributed by atoms with Crippen LogP contribution in [0.15, 0.2) is 103 Å². The minimum absolute atomic E-state index is 0.0430. The van der Waals surface area contributed by atoms with E-state index in [1.165, 1.54) is 10.4 Å². The van der Waals surface area contributed by atoms with Crippen molar-refractivity contribution in [3.8, 4) is 5.75 Å². The van der Waals surface area contributed by atoms with E-state index in [9.17, 15) is 9.59 Å². The van der Waals surface area contributed by atoms with Crippen LogP contribution in [0.5, 0.6) is 5.75 Å². The molecule has 0 bridgehead atoms. The number of aromatic nitrogens is 1. The molecule has 1 aromatic heterocycles. The molecule has 0 unspecified atom stereocenters. The van der Waals surface area contributed by atoms with Crippen LogP contribution in [0.2, 0.25) is 18.1 Å². The number of nitrogens with zero attached hydrogens (tertiary/aromatic N) is 1. The van der Waals surface area contributed by atoms with Gasteiger partial charge >= 0.3 is 0 Å². The Hall–Kier alpha value is -3.96. The van der Waals surface area contributed by atoms with Crippen LogP contribution in [0.4, 0.5) is 0 Å². The van der Waals surface area contributed by atoms with Crippen molar-refractivity contribution in [2.45, 2.75) is 45.4 Å². The second-order valence-electron chi connectivity index (χ2n) is 12.9. The number of carbonyl (C=O) groups is 2. The number of rotatable bonds is 9. The van der Waals surface area contributed by atoms with E-state index in [2.05, 4.69) is 68.7 Å². The number of fused-ring (bicyclic) bond motifs is 1. The molecule has 0 saturated carbocycles. The number of methoxy groups -OCH3 is 1. The summed E-state index contributed by atoms with van der Waals surface area (Å²) < 4.78 is 7.10. The summed E-state index contributed by atoms with van der Waals surface area (Å²) >= 11 is 6.01. The monoisotopic (exact) mass is 669 g/mol. The first-order chi connectivity index (χ1) is 21.8. The fourth-order valence-electron chi connectivity index (χ4n) is 5.45. The maximum Gasteiger partial charge on any atom is 0.262 e. The average molecular weight is 670 g/mol. The third kappa shape index (κ3) is 9.07. The van der Waals surface area contributed by atoms with Gasteiger partial charge in [-0.15, -0.1) is 0 Å². The Morgan fingerprint density at radius 3 is 2.13 bits per heavy atom. The topological polar surface area (TPSA) is 86.3 Å². The summed E-state index contributed by atoms with van der Waals surface area (Å²) in [5, 5.41) is 7.34. The van der Waals surface area contributed by atoms with Gasteiger partial charge in [0.05, 0.1) is 28.6 Å². The minimum Gasteiger partial charge on any atom is -0.497 e. The number of nitrogens with one attached hydrogen (secondary N) is 1. The third-order valence-electron chi connectivity index (χ3n) is 7.96. The Morgan fingerprint density at radius 1 is 0.935 bits per heavy atom. The first-order valence-electron chi connectivity index (χ1n) is 15.4. The van der Waals surface area contributed by atoms with Crippen molar-refractivity contribution in [2.24, 2.45) is 5.73 Å². The second kappa shape index (κ2) is 15.1. The zero-order valence-electron chi connectivity index (χ0n) is 27.6. The van der Waals surface area contributed by atoms with E-state index in [1.807, 2.05) is 49.4 Å². The van der Waals surface area contributed by atoms with Gasteiger partial charge in [0.2, 0.25) is 5.91 Å². The molecular formula is C37H44ClN3O3Si2. The molecular weight excluding hydrogens is 626 g/mol. The Labute approximate surface area is 280 Å². The van der Waals surface area contributed by atoms with Crippen molar-refractivity contribution in [3.63, 3.8) is 0 Å². The lowest BCUT2D eigenvalue weighted by atomic mass is 10.1. The molecule has 1 amide bonds. The SMILES string of the molecule is CC(C)(N)[SiH2]c1ccccc1.COc1ccc2c(c1)c(CC(=O)NC[Si](C)(C)c1ccccc1)c(C)n2C(=O)c1ccc(Cl)cc1. The van der Waals surface area contributed by atoms with E-state index in [0.29, 0.717) is 22.5 Å². The predicted molar refractivity (Wildman–Crippen MR) is 198 cm³/mol. The Kier molecular flexibility index (Phi) is 11.5. The number of halogens is 1. The fourth-order valence-corrected chi connectivity index (χ4v) is 9.08. The van der Waals surface area contributed by atoms with Crippen LogP contribution < -0.4 is 26.2 Å². The normalized spacial score (nSPS) is 11.7. The minimum atomic E-state index is -1.82. The Balaban J connectivity index is 0.000000369. The van der Waals surface area contributed by atoms with Gasteiger partial charge in [0, 0.05) is 33.0 Å². The van der Waals surface area contributed by atoms with Gasteiger partial charge in [-0.2, -0.15) is 0 Å². The zero-order chi connectivity index (χ0) is 33.5. The van der Waals surface area contributed by atoms with Gasteiger partial charge in [-0.1, -0.05) is 110 Å². The van der Waals surface area contributed by atoms with E-state index in [1.54, 1.807) is 35.9 Å². The molecule has 0 atom stereocenters. The molecule has 5 rings (SSSR count). The van der Waals surface area contributed by atoms with Crippen LogP contribution in [0.1, 0.15) is 35.5 Å². The molecule has 0 radical (unpaired) electrons. The van der Waals surface area contributed by atoms with Crippen molar-refractivity contribution in [1.29, 1.82) is 0 Å². The van der Waals surface area contributed by atoms with Crippen LogP contribution in [0.25, 0.3) is 10.9 Å².